The number of hydroxylamine groups is 1. The van der Waals surface area contributed by atoms with Crippen molar-refractivity contribution in [2.24, 2.45) is 0 Å². The van der Waals surface area contributed by atoms with Gasteiger partial charge in [-0.05, 0) is 54.0 Å². The van der Waals surface area contributed by atoms with Crippen LogP contribution in [0.1, 0.15) is 36.1 Å². The van der Waals surface area contributed by atoms with Gasteiger partial charge in [0.05, 0.1) is 11.4 Å². The summed E-state index contributed by atoms with van der Waals surface area (Å²) in [5.74, 6) is 0.441. The van der Waals surface area contributed by atoms with E-state index >= 15 is 0 Å². The van der Waals surface area contributed by atoms with E-state index < -0.39 is 0 Å². The maximum Gasteiger partial charge on any atom is 0.250 e. The Hall–Kier alpha value is -2.65. The molecular formula is C26H28N2O4S2. The van der Waals surface area contributed by atoms with Crippen molar-refractivity contribution in [1.82, 2.24) is 5.48 Å². The molecule has 0 unspecified atom stereocenters. The van der Waals surface area contributed by atoms with Crippen LogP contribution in [0.2, 0.25) is 0 Å². The number of hydrogen-bond acceptors (Lipinski definition) is 6. The predicted molar refractivity (Wildman–Crippen MR) is 137 cm³/mol. The minimum atomic E-state index is -0.358. The monoisotopic (exact) mass is 496 g/mol. The molecule has 178 valence electrons. The maximum atomic E-state index is 12.3. The van der Waals surface area contributed by atoms with Gasteiger partial charge >= 0.3 is 0 Å². The minimum absolute atomic E-state index is 0.0189. The largest absolute Gasteiger partial charge is 0.367 e. The molecule has 0 saturated carbocycles. The third-order valence-electron chi connectivity index (χ3n) is 5.75. The number of carbonyl (C=O) groups is 2. The highest BCUT2D eigenvalue weighted by molar-refractivity contribution is 8.00. The second kappa shape index (κ2) is 11.7. The van der Waals surface area contributed by atoms with Crippen LogP contribution in [0.5, 0.6) is 0 Å². The molecule has 1 aliphatic rings. The number of ether oxygens (including phenoxy) is 1. The Balaban J connectivity index is 1.41. The Bertz CT molecular complexity index is 1110. The lowest BCUT2D eigenvalue weighted by atomic mass is 9.94. The van der Waals surface area contributed by atoms with E-state index in [1.54, 1.807) is 28.6 Å². The first-order valence-electron chi connectivity index (χ1n) is 11.3. The van der Waals surface area contributed by atoms with Crippen LogP contribution in [-0.2, 0) is 25.7 Å². The minimum Gasteiger partial charge on any atom is -0.367 e. The number of carbonyl (C=O) groups excluding carboxylic acids is 2. The Labute approximate surface area is 207 Å². The number of nitrogens with one attached hydrogen (secondary N) is 2. The van der Waals surface area contributed by atoms with Gasteiger partial charge < -0.3 is 10.1 Å². The lowest BCUT2D eigenvalue weighted by Gasteiger charge is -2.35. The van der Waals surface area contributed by atoms with Crippen molar-refractivity contribution in [3.05, 3.63) is 77.2 Å². The molecule has 0 radical (unpaired) electrons. The van der Waals surface area contributed by atoms with Crippen molar-refractivity contribution in [2.45, 2.75) is 37.0 Å². The topological polar surface area (TPSA) is 87.7 Å². The standard InChI is InChI=1S/C26H28N2O4S2/c29-24(28-31)16-26(13-4-5-14-33-26)23-12-11-22(34-23)20-9-6-10-21(15-20)27-25(30)18-32-17-19-7-2-1-3-8-19/h1-3,6-12,15,31H,4-5,13-14,16-18H2,(H,27,30)(H,28,29)/t26-/m0/s1. The molecule has 4 rings (SSSR count). The second-order valence-electron chi connectivity index (χ2n) is 8.28. The lowest BCUT2D eigenvalue weighted by molar-refractivity contribution is -0.129. The molecule has 1 aliphatic heterocycles. The zero-order chi connectivity index (χ0) is 23.8. The fourth-order valence-corrected chi connectivity index (χ4v) is 6.98. The van der Waals surface area contributed by atoms with Crippen molar-refractivity contribution in [1.29, 1.82) is 0 Å². The summed E-state index contributed by atoms with van der Waals surface area (Å²) in [4.78, 5) is 26.6. The molecule has 0 bridgehead atoms. The Morgan fingerprint density at radius 3 is 2.62 bits per heavy atom. The fourth-order valence-electron chi connectivity index (χ4n) is 4.09. The molecule has 3 aromatic rings. The van der Waals surface area contributed by atoms with Gasteiger partial charge in [0.25, 0.3) is 0 Å². The fraction of sp³-hybridized carbons (Fsp3) is 0.308. The molecule has 2 aromatic carbocycles. The van der Waals surface area contributed by atoms with E-state index in [4.69, 9.17) is 9.94 Å². The summed E-state index contributed by atoms with van der Waals surface area (Å²) < 4.78 is 5.22. The number of rotatable bonds is 9. The van der Waals surface area contributed by atoms with E-state index in [0.29, 0.717) is 12.3 Å². The molecule has 3 N–H and O–H groups in total. The first kappa shape index (κ1) is 24.5. The SMILES string of the molecule is O=C(C[C@]1(c2ccc(-c3cccc(NC(=O)COCc4ccccc4)c3)s2)CCCCS1)NO. The van der Waals surface area contributed by atoms with E-state index in [-0.39, 0.29) is 29.6 Å². The van der Waals surface area contributed by atoms with Gasteiger partial charge in [-0.2, -0.15) is 0 Å². The summed E-state index contributed by atoms with van der Waals surface area (Å²) in [6, 6.07) is 21.6. The number of thiophene rings is 1. The number of benzene rings is 2. The van der Waals surface area contributed by atoms with Gasteiger partial charge in [0.1, 0.15) is 6.61 Å². The van der Waals surface area contributed by atoms with Crippen molar-refractivity contribution >= 4 is 40.6 Å². The molecule has 1 fully saturated rings. The molecule has 6 nitrogen and oxygen atoms in total. The third kappa shape index (κ3) is 6.27. The molecular weight excluding hydrogens is 468 g/mol. The van der Waals surface area contributed by atoms with Crippen molar-refractivity contribution in [2.75, 3.05) is 17.7 Å². The van der Waals surface area contributed by atoms with Crippen LogP contribution in [0.25, 0.3) is 10.4 Å². The van der Waals surface area contributed by atoms with E-state index in [1.165, 1.54) is 0 Å². The van der Waals surface area contributed by atoms with Gasteiger partial charge in [-0.15, -0.1) is 23.1 Å². The predicted octanol–water partition coefficient (Wildman–Crippen LogP) is 5.58. The molecule has 0 spiro atoms. The normalized spacial score (nSPS) is 17.8. The highest BCUT2D eigenvalue weighted by Gasteiger charge is 2.38. The summed E-state index contributed by atoms with van der Waals surface area (Å²) in [6.07, 6.45) is 3.37. The Morgan fingerprint density at radius 1 is 1.00 bits per heavy atom. The maximum absolute atomic E-state index is 12.3. The zero-order valence-corrected chi connectivity index (χ0v) is 20.4. The first-order chi connectivity index (χ1) is 16.6. The van der Waals surface area contributed by atoms with Gasteiger partial charge in [0.2, 0.25) is 11.8 Å². The summed E-state index contributed by atoms with van der Waals surface area (Å²) in [7, 11) is 0. The number of anilines is 1. The highest BCUT2D eigenvalue weighted by Crippen LogP contribution is 2.50. The van der Waals surface area contributed by atoms with Gasteiger partial charge in [0, 0.05) is 21.9 Å². The van der Waals surface area contributed by atoms with Gasteiger partial charge in [0.15, 0.2) is 0 Å². The van der Waals surface area contributed by atoms with Crippen molar-refractivity contribution in [3.8, 4) is 10.4 Å². The molecule has 8 heteroatoms. The zero-order valence-electron chi connectivity index (χ0n) is 18.8. The van der Waals surface area contributed by atoms with Crippen LogP contribution in [0.4, 0.5) is 5.69 Å². The average Bonchev–Trinajstić information content (AvgIpc) is 3.37. The lowest BCUT2D eigenvalue weighted by Crippen LogP contribution is -2.32. The van der Waals surface area contributed by atoms with E-state index in [1.807, 2.05) is 54.6 Å². The summed E-state index contributed by atoms with van der Waals surface area (Å²) >= 11 is 3.46. The van der Waals surface area contributed by atoms with Gasteiger partial charge in [-0.1, -0.05) is 48.9 Å². The van der Waals surface area contributed by atoms with E-state index in [9.17, 15) is 9.59 Å². The van der Waals surface area contributed by atoms with Crippen LogP contribution in [0, 0.1) is 0 Å². The third-order valence-corrected chi connectivity index (χ3v) is 8.84. The summed E-state index contributed by atoms with van der Waals surface area (Å²) in [6.45, 7) is 0.370. The van der Waals surface area contributed by atoms with Crippen LogP contribution in [-0.4, -0.2) is 29.4 Å². The van der Waals surface area contributed by atoms with Crippen LogP contribution in [0.15, 0.2) is 66.7 Å². The number of amides is 2. The van der Waals surface area contributed by atoms with Crippen molar-refractivity contribution in [3.63, 3.8) is 0 Å². The Morgan fingerprint density at radius 2 is 1.85 bits per heavy atom. The Kier molecular flexibility index (Phi) is 8.39. The van der Waals surface area contributed by atoms with Crippen LogP contribution < -0.4 is 10.8 Å². The second-order valence-corrected chi connectivity index (χ2v) is 10.8. The number of thioether (sulfide) groups is 1. The highest BCUT2D eigenvalue weighted by atomic mass is 32.2. The first-order valence-corrected chi connectivity index (χ1v) is 13.1. The van der Waals surface area contributed by atoms with E-state index in [2.05, 4.69) is 17.4 Å². The van der Waals surface area contributed by atoms with Gasteiger partial charge in [-0.25, -0.2) is 5.48 Å². The van der Waals surface area contributed by atoms with Crippen molar-refractivity contribution < 1.29 is 19.5 Å². The average molecular weight is 497 g/mol. The van der Waals surface area contributed by atoms with Crippen LogP contribution >= 0.6 is 23.1 Å². The molecule has 1 saturated heterocycles. The quantitative estimate of drug-likeness (QED) is 0.266. The summed E-state index contributed by atoms with van der Waals surface area (Å²) in [5, 5.41) is 12.0. The molecule has 34 heavy (non-hydrogen) atoms. The smallest absolute Gasteiger partial charge is 0.250 e. The van der Waals surface area contributed by atoms with Gasteiger partial charge in [-0.3, -0.25) is 14.8 Å². The van der Waals surface area contributed by atoms with Crippen LogP contribution in [0.3, 0.4) is 0 Å². The number of hydrogen-bond donors (Lipinski definition) is 3. The molecule has 2 amide bonds. The molecule has 1 atom stereocenters. The summed E-state index contributed by atoms with van der Waals surface area (Å²) in [5.41, 5.74) is 4.53. The molecule has 0 aliphatic carbocycles. The molecule has 1 aromatic heterocycles. The molecule has 2 heterocycles. The van der Waals surface area contributed by atoms with E-state index in [0.717, 1.165) is 45.9 Å².